The molecule has 2 fully saturated rings. The van der Waals surface area contributed by atoms with Crippen molar-refractivity contribution < 1.29 is 9.47 Å². The Bertz CT molecular complexity index is 542. The molecule has 1 saturated carbocycles. The molecule has 2 bridgehead atoms. The maximum Gasteiger partial charge on any atom is 0.231 e. The standard InChI is InChI=1S/C16H19NO2/c1-2-4-14-11(3-1)13-8-17(14)7-10-5-15-16(6-12(10)13)19-9-18-15/h5-6,11,13-14H,1-4,7-9H2/t11-,13+,14-/m0/s1. The van der Waals surface area contributed by atoms with Crippen molar-refractivity contribution in [2.24, 2.45) is 5.92 Å². The number of hydrogen-bond acceptors (Lipinski definition) is 3. The Hall–Kier alpha value is -1.22. The molecule has 1 saturated heterocycles. The Morgan fingerprint density at radius 3 is 2.84 bits per heavy atom. The van der Waals surface area contributed by atoms with Crippen LogP contribution in [0.25, 0.3) is 0 Å². The second-order valence-corrected chi connectivity index (χ2v) is 6.46. The number of benzene rings is 1. The average molecular weight is 257 g/mol. The van der Waals surface area contributed by atoms with E-state index >= 15 is 0 Å². The second kappa shape index (κ2) is 3.66. The van der Waals surface area contributed by atoms with E-state index in [9.17, 15) is 0 Å². The van der Waals surface area contributed by atoms with Crippen molar-refractivity contribution in [1.82, 2.24) is 4.90 Å². The van der Waals surface area contributed by atoms with Crippen LogP contribution >= 0.6 is 0 Å². The Balaban J connectivity index is 1.62. The first-order chi connectivity index (χ1) is 9.40. The molecule has 0 radical (unpaired) electrons. The summed E-state index contributed by atoms with van der Waals surface area (Å²) in [5.41, 5.74) is 3.03. The van der Waals surface area contributed by atoms with Crippen molar-refractivity contribution in [2.45, 2.75) is 44.2 Å². The average Bonchev–Trinajstić information content (AvgIpc) is 3.01. The van der Waals surface area contributed by atoms with Crippen LogP contribution in [-0.2, 0) is 6.54 Å². The topological polar surface area (TPSA) is 21.7 Å². The molecule has 3 nitrogen and oxygen atoms in total. The molecule has 0 spiro atoms. The molecular formula is C16H19NO2. The fourth-order valence-electron chi connectivity index (χ4n) is 4.80. The zero-order chi connectivity index (χ0) is 12.4. The van der Waals surface area contributed by atoms with Gasteiger partial charge in [0.2, 0.25) is 6.79 Å². The van der Waals surface area contributed by atoms with Gasteiger partial charge in [-0.05, 0) is 42.0 Å². The Labute approximate surface area is 113 Å². The number of nitrogens with zero attached hydrogens (tertiary/aromatic N) is 1. The van der Waals surface area contributed by atoms with E-state index in [2.05, 4.69) is 17.0 Å². The van der Waals surface area contributed by atoms with Crippen LogP contribution in [0.15, 0.2) is 12.1 Å². The molecule has 19 heavy (non-hydrogen) atoms. The van der Waals surface area contributed by atoms with Crippen LogP contribution in [-0.4, -0.2) is 24.3 Å². The third kappa shape index (κ3) is 1.37. The zero-order valence-corrected chi connectivity index (χ0v) is 11.1. The monoisotopic (exact) mass is 257 g/mol. The summed E-state index contributed by atoms with van der Waals surface area (Å²) in [6.07, 6.45) is 5.66. The fourth-order valence-corrected chi connectivity index (χ4v) is 4.80. The summed E-state index contributed by atoms with van der Waals surface area (Å²) in [7, 11) is 0. The summed E-state index contributed by atoms with van der Waals surface area (Å²) < 4.78 is 11.1. The highest BCUT2D eigenvalue weighted by Crippen LogP contribution is 2.51. The lowest BCUT2D eigenvalue weighted by molar-refractivity contribution is 0.172. The highest BCUT2D eigenvalue weighted by atomic mass is 16.7. The maximum atomic E-state index is 5.57. The van der Waals surface area contributed by atoms with Crippen LogP contribution in [0, 0.1) is 5.92 Å². The van der Waals surface area contributed by atoms with Gasteiger partial charge < -0.3 is 9.47 Å². The third-order valence-corrected chi connectivity index (χ3v) is 5.61. The largest absolute Gasteiger partial charge is 0.454 e. The molecule has 3 aliphatic heterocycles. The van der Waals surface area contributed by atoms with E-state index < -0.39 is 0 Å². The Morgan fingerprint density at radius 2 is 1.89 bits per heavy atom. The van der Waals surface area contributed by atoms with Crippen LogP contribution in [0.4, 0.5) is 0 Å². The second-order valence-electron chi connectivity index (χ2n) is 6.46. The summed E-state index contributed by atoms with van der Waals surface area (Å²) in [4.78, 5) is 2.72. The van der Waals surface area contributed by atoms with Crippen molar-refractivity contribution in [2.75, 3.05) is 13.3 Å². The third-order valence-electron chi connectivity index (χ3n) is 5.61. The smallest absolute Gasteiger partial charge is 0.231 e. The van der Waals surface area contributed by atoms with Gasteiger partial charge in [-0.3, -0.25) is 4.90 Å². The first kappa shape index (κ1) is 10.6. The molecule has 0 N–H and O–H groups in total. The molecule has 100 valence electrons. The van der Waals surface area contributed by atoms with Gasteiger partial charge >= 0.3 is 0 Å². The first-order valence-corrected chi connectivity index (χ1v) is 7.56. The van der Waals surface area contributed by atoms with Crippen LogP contribution < -0.4 is 9.47 Å². The van der Waals surface area contributed by atoms with E-state index in [-0.39, 0.29) is 0 Å². The molecule has 1 aliphatic carbocycles. The SMILES string of the molecule is c1c2c(cc3c1OCO3)[C@@H]1CN(C2)[C@H]2CCCC[C@@H]12. The molecule has 3 heterocycles. The predicted octanol–water partition coefficient (Wildman–Crippen LogP) is 2.89. The van der Waals surface area contributed by atoms with Gasteiger partial charge in [0.1, 0.15) is 0 Å². The molecule has 1 unspecified atom stereocenters. The molecule has 1 aromatic carbocycles. The maximum absolute atomic E-state index is 5.57. The van der Waals surface area contributed by atoms with Gasteiger partial charge in [-0.25, -0.2) is 0 Å². The van der Waals surface area contributed by atoms with Crippen molar-refractivity contribution in [3.8, 4) is 11.5 Å². The van der Waals surface area contributed by atoms with Crippen molar-refractivity contribution in [3.63, 3.8) is 0 Å². The van der Waals surface area contributed by atoms with Gasteiger partial charge in [0.05, 0.1) is 0 Å². The normalized spacial score (nSPS) is 37.9. The highest BCUT2D eigenvalue weighted by Gasteiger charge is 2.47. The lowest BCUT2D eigenvalue weighted by Gasteiger charge is -2.30. The van der Waals surface area contributed by atoms with E-state index in [0.29, 0.717) is 6.79 Å². The fraction of sp³-hybridized carbons (Fsp3) is 0.625. The van der Waals surface area contributed by atoms with E-state index in [4.69, 9.17) is 9.47 Å². The van der Waals surface area contributed by atoms with Crippen LogP contribution in [0.5, 0.6) is 11.5 Å². The summed E-state index contributed by atoms with van der Waals surface area (Å²) >= 11 is 0. The summed E-state index contributed by atoms with van der Waals surface area (Å²) in [6, 6.07) is 5.34. The number of rotatable bonds is 0. The van der Waals surface area contributed by atoms with Gasteiger partial charge in [-0.1, -0.05) is 12.8 Å². The molecule has 0 aromatic heterocycles. The van der Waals surface area contributed by atoms with Crippen molar-refractivity contribution >= 4 is 0 Å². The Morgan fingerprint density at radius 1 is 1.05 bits per heavy atom. The number of fused-ring (bicyclic) bond motifs is 8. The molecule has 0 amide bonds. The van der Waals surface area contributed by atoms with Crippen LogP contribution in [0.1, 0.15) is 42.7 Å². The minimum Gasteiger partial charge on any atom is -0.454 e. The van der Waals surface area contributed by atoms with E-state index in [1.807, 2.05) is 0 Å². The lowest BCUT2D eigenvalue weighted by atomic mass is 9.76. The molecular weight excluding hydrogens is 238 g/mol. The number of hydrogen-bond donors (Lipinski definition) is 0. The van der Waals surface area contributed by atoms with Gasteiger partial charge in [0.25, 0.3) is 0 Å². The van der Waals surface area contributed by atoms with Crippen LogP contribution in [0.3, 0.4) is 0 Å². The van der Waals surface area contributed by atoms with E-state index in [0.717, 1.165) is 35.9 Å². The summed E-state index contributed by atoms with van der Waals surface area (Å²) in [5, 5.41) is 0. The summed E-state index contributed by atoms with van der Waals surface area (Å²) in [6.45, 7) is 2.77. The van der Waals surface area contributed by atoms with Gasteiger partial charge in [-0.15, -0.1) is 0 Å². The molecule has 4 atom stereocenters. The number of ether oxygens (including phenoxy) is 2. The van der Waals surface area contributed by atoms with Gasteiger partial charge in [0.15, 0.2) is 11.5 Å². The molecule has 3 heteroatoms. The first-order valence-electron chi connectivity index (χ1n) is 7.56. The Kier molecular flexibility index (Phi) is 2.03. The van der Waals surface area contributed by atoms with E-state index in [1.165, 1.54) is 37.8 Å². The minimum absolute atomic E-state index is 0.388. The molecule has 4 aliphatic rings. The van der Waals surface area contributed by atoms with Crippen molar-refractivity contribution in [3.05, 3.63) is 23.3 Å². The zero-order valence-electron chi connectivity index (χ0n) is 11.1. The predicted molar refractivity (Wildman–Crippen MR) is 71.5 cm³/mol. The summed E-state index contributed by atoms with van der Waals surface area (Å²) in [5.74, 6) is 3.54. The van der Waals surface area contributed by atoms with Crippen molar-refractivity contribution in [1.29, 1.82) is 0 Å². The van der Waals surface area contributed by atoms with Gasteiger partial charge in [0, 0.05) is 25.0 Å². The van der Waals surface area contributed by atoms with Crippen LogP contribution in [0.2, 0.25) is 0 Å². The molecule has 1 aromatic rings. The van der Waals surface area contributed by atoms with Gasteiger partial charge in [-0.2, -0.15) is 0 Å². The quantitative estimate of drug-likeness (QED) is 0.713. The molecule has 5 rings (SSSR count). The van der Waals surface area contributed by atoms with E-state index in [1.54, 1.807) is 5.56 Å². The highest BCUT2D eigenvalue weighted by molar-refractivity contribution is 5.51. The lowest BCUT2D eigenvalue weighted by Crippen LogP contribution is -2.34. The minimum atomic E-state index is 0.388.